The molecule has 1 fully saturated rings. The summed E-state index contributed by atoms with van der Waals surface area (Å²) in [5.41, 5.74) is 2.56. The third-order valence-corrected chi connectivity index (χ3v) is 4.84. The van der Waals surface area contributed by atoms with Crippen LogP contribution in [0.1, 0.15) is 29.5 Å². The highest BCUT2D eigenvalue weighted by Crippen LogP contribution is 2.33. The van der Waals surface area contributed by atoms with Crippen LogP contribution in [-0.4, -0.2) is 25.0 Å². The predicted octanol–water partition coefficient (Wildman–Crippen LogP) is 3.06. The summed E-state index contributed by atoms with van der Waals surface area (Å²) in [6, 6.07) is 15.3. The molecule has 1 atom stereocenters. The normalized spacial score (nSPS) is 19.6. The second kappa shape index (κ2) is 7.70. The fourth-order valence-corrected chi connectivity index (χ4v) is 3.41. The van der Waals surface area contributed by atoms with E-state index in [4.69, 9.17) is 4.74 Å². The first-order chi connectivity index (χ1) is 12.5. The van der Waals surface area contributed by atoms with Crippen molar-refractivity contribution in [1.29, 1.82) is 0 Å². The highest BCUT2D eigenvalue weighted by molar-refractivity contribution is 6.37. The van der Waals surface area contributed by atoms with Gasteiger partial charge in [-0.15, -0.1) is 0 Å². The molecule has 1 amide bonds. The van der Waals surface area contributed by atoms with Gasteiger partial charge in [0.1, 0.15) is 5.60 Å². The van der Waals surface area contributed by atoms with E-state index in [2.05, 4.69) is 10.6 Å². The lowest BCUT2D eigenvalue weighted by Gasteiger charge is -2.37. The van der Waals surface area contributed by atoms with Gasteiger partial charge < -0.3 is 15.4 Å². The molecule has 1 saturated heterocycles. The number of hydrogen-bond donors (Lipinski definition) is 2. The number of nitrogens with one attached hydrogen (secondary N) is 2. The number of carbonyl (C=O) groups is 2. The molecular weight excluding hydrogens is 328 g/mol. The zero-order valence-corrected chi connectivity index (χ0v) is 15.2. The summed E-state index contributed by atoms with van der Waals surface area (Å²) in [6.07, 6.45) is 1.56. The van der Waals surface area contributed by atoms with Crippen molar-refractivity contribution in [2.45, 2.75) is 32.3 Å². The minimum atomic E-state index is -0.861. The number of para-hydroxylation sites is 1. The Morgan fingerprint density at radius 2 is 1.73 bits per heavy atom. The van der Waals surface area contributed by atoms with Gasteiger partial charge in [-0.05, 0) is 49.9 Å². The molecule has 5 nitrogen and oxygen atoms in total. The number of amides is 1. The fourth-order valence-electron chi connectivity index (χ4n) is 3.41. The van der Waals surface area contributed by atoms with Crippen LogP contribution in [0.3, 0.4) is 0 Å². The average Bonchev–Trinajstić information content (AvgIpc) is 2.66. The van der Waals surface area contributed by atoms with Crippen LogP contribution >= 0.6 is 0 Å². The Morgan fingerprint density at radius 1 is 1.04 bits per heavy atom. The molecular formula is C21H24N2O3. The number of benzene rings is 2. The van der Waals surface area contributed by atoms with Crippen LogP contribution in [0.4, 0.5) is 5.69 Å². The van der Waals surface area contributed by atoms with Gasteiger partial charge in [0.25, 0.3) is 0 Å². The van der Waals surface area contributed by atoms with Gasteiger partial charge in [0.15, 0.2) is 0 Å². The summed E-state index contributed by atoms with van der Waals surface area (Å²) < 4.78 is 5.77. The number of anilines is 1. The molecule has 1 aliphatic heterocycles. The van der Waals surface area contributed by atoms with E-state index >= 15 is 0 Å². The van der Waals surface area contributed by atoms with Crippen molar-refractivity contribution >= 4 is 17.6 Å². The van der Waals surface area contributed by atoms with E-state index < -0.39 is 17.5 Å². The Balaban J connectivity index is 1.79. The molecule has 3 rings (SSSR count). The summed E-state index contributed by atoms with van der Waals surface area (Å²) in [6.45, 7) is 5.16. The zero-order valence-electron chi connectivity index (χ0n) is 15.2. The highest BCUT2D eigenvalue weighted by Gasteiger charge is 2.39. The van der Waals surface area contributed by atoms with Crippen molar-refractivity contribution in [3.05, 3.63) is 65.2 Å². The fraction of sp³-hybridized carbons (Fsp3) is 0.333. The molecule has 2 N–H and O–H groups in total. The summed E-state index contributed by atoms with van der Waals surface area (Å²) in [7, 11) is 0. The lowest BCUT2D eigenvalue weighted by Crippen LogP contribution is -2.48. The molecule has 0 aromatic heterocycles. The monoisotopic (exact) mass is 352 g/mol. The third kappa shape index (κ3) is 3.78. The molecule has 2 aromatic carbocycles. The first-order valence-corrected chi connectivity index (χ1v) is 8.89. The number of aryl methyl sites for hydroxylation is 2. The maximum Gasteiger partial charge on any atom is 0.398 e. The minimum absolute atomic E-state index is 0.499. The summed E-state index contributed by atoms with van der Waals surface area (Å²) in [4.78, 5) is 25.0. The lowest BCUT2D eigenvalue weighted by atomic mass is 9.86. The van der Waals surface area contributed by atoms with Gasteiger partial charge in [-0.1, -0.05) is 48.5 Å². The molecule has 5 heteroatoms. The highest BCUT2D eigenvalue weighted by atomic mass is 16.6. The molecule has 0 radical (unpaired) electrons. The molecule has 26 heavy (non-hydrogen) atoms. The van der Waals surface area contributed by atoms with Gasteiger partial charge >= 0.3 is 11.9 Å². The van der Waals surface area contributed by atoms with Crippen LogP contribution in [0.5, 0.6) is 0 Å². The van der Waals surface area contributed by atoms with Gasteiger partial charge in [0, 0.05) is 12.2 Å². The maximum atomic E-state index is 12.6. The number of esters is 1. The SMILES string of the molecule is Cc1cccc(C)c1NC(=O)C(=O)OC1(c2ccccc2)CCCNC1. The Hall–Kier alpha value is -2.66. The van der Waals surface area contributed by atoms with Gasteiger partial charge in [0.2, 0.25) is 0 Å². The summed E-state index contributed by atoms with van der Waals surface area (Å²) in [5.74, 6) is -1.61. The van der Waals surface area contributed by atoms with Crippen LogP contribution in [-0.2, 0) is 19.9 Å². The van der Waals surface area contributed by atoms with Gasteiger partial charge in [-0.25, -0.2) is 4.79 Å². The molecule has 0 aliphatic carbocycles. The van der Waals surface area contributed by atoms with Crippen molar-refractivity contribution in [2.75, 3.05) is 18.4 Å². The number of carbonyl (C=O) groups excluding carboxylic acids is 2. The number of piperidine rings is 1. The van der Waals surface area contributed by atoms with Crippen LogP contribution in [0, 0.1) is 13.8 Å². The van der Waals surface area contributed by atoms with Crippen molar-refractivity contribution in [2.24, 2.45) is 0 Å². The largest absolute Gasteiger partial charge is 0.446 e. The average molecular weight is 352 g/mol. The van der Waals surface area contributed by atoms with E-state index in [-0.39, 0.29) is 0 Å². The van der Waals surface area contributed by atoms with Crippen molar-refractivity contribution < 1.29 is 14.3 Å². The molecule has 0 bridgehead atoms. The standard InChI is InChI=1S/C21H24N2O3/c1-15-8-6-9-16(2)18(15)23-19(24)20(25)26-21(12-7-13-22-14-21)17-10-4-3-5-11-17/h3-6,8-11,22H,7,12-14H2,1-2H3,(H,23,24). The molecule has 1 unspecified atom stereocenters. The summed E-state index contributed by atoms with van der Waals surface area (Å²) in [5, 5.41) is 5.98. The zero-order chi connectivity index (χ0) is 18.6. The molecule has 0 saturated carbocycles. The number of ether oxygens (including phenoxy) is 1. The Morgan fingerprint density at radius 3 is 2.35 bits per heavy atom. The van der Waals surface area contributed by atoms with Gasteiger partial charge in [-0.2, -0.15) is 0 Å². The van der Waals surface area contributed by atoms with Crippen molar-refractivity contribution in [3.63, 3.8) is 0 Å². The topological polar surface area (TPSA) is 67.4 Å². The lowest BCUT2D eigenvalue weighted by molar-refractivity contribution is -0.168. The third-order valence-electron chi connectivity index (χ3n) is 4.84. The Bertz CT molecular complexity index is 776. The van der Waals surface area contributed by atoms with Crippen molar-refractivity contribution in [1.82, 2.24) is 5.32 Å². The molecule has 1 aliphatic rings. The first-order valence-electron chi connectivity index (χ1n) is 8.89. The van der Waals surface area contributed by atoms with E-state index in [1.165, 1.54) is 0 Å². The smallest absolute Gasteiger partial charge is 0.398 e. The quantitative estimate of drug-likeness (QED) is 0.658. The Kier molecular flexibility index (Phi) is 5.38. The van der Waals surface area contributed by atoms with E-state index in [0.29, 0.717) is 18.7 Å². The van der Waals surface area contributed by atoms with Gasteiger partial charge in [-0.3, -0.25) is 4.79 Å². The molecule has 1 heterocycles. The second-order valence-corrected chi connectivity index (χ2v) is 6.75. The molecule has 0 spiro atoms. The number of rotatable bonds is 3. The van der Waals surface area contributed by atoms with Crippen LogP contribution < -0.4 is 10.6 Å². The van der Waals surface area contributed by atoms with E-state index in [9.17, 15) is 9.59 Å². The second-order valence-electron chi connectivity index (χ2n) is 6.75. The maximum absolute atomic E-state index is 12.6. The van der Waals surface area contributed by atoms with E-state index in [1.54, 1.807) is 0 Å². The van der Waals surface area contributed by atoms with Crippen molar-refractivity contribution in [3.8, 4) is 0 Å². The molecule has 2 aromatic rings. The van der Waals surface area contributed by atoms with Crippen LogP contribution in [0.25, 0.3) is 0 Å². The Labute approximate surface area is 153 Å². The number of hydrogen-bond acceptors (Lipinski definition) is 4. The first kappa shape index (κ1) is 18.1. The van der Waals surface area contributed by atoms with Gasteiger partial charge in [0.05, 0.1) is 0 Å². The van der Waals surface area contributed by atoms with E-state index in [0.717, 1.165) is 29.7 Å². The van der Waals surface area contributed by atoms with E-state index in [1.807, 2.05) is 62.4 Å². The predicted molar refractivity (Wildman–Crippen MR) is 101 cm³/mol. The molecule has 136 valence electrons. The summed E-state index contributed by atoms with van der Waals surface area (Å²) >= 11 is 0. The van der Waals surface area contributed by atoms with Crippen LogP contribution in [0.15, 0.2) is 48.5 Å². The van der Waals surface area contributed by atoms with Crippen LogP contribution in [0.2, 0.25) is 0 Å². The minimum Gasteiger partial charge on any atom is -0.446 e.